The molecule has 1 amide bonds. The zero-order valence-corrected chi connectivity index (χ0v) is 14.4. The molecule has 0 bridgehead atoms. The van der Waals surface area contributed by atoms with Gasteiger partial charge in [-0.3, -0.25) is 4.79 Å². The third-order valence-corrected chi connectivity index (χ3v) is 4.97. The standard InChI is InChI=1S/C16H29NO5/c1-7-9(2)11(4)14-13(17-12(5)18)10(3)8-16(21-6,22-14)15(19)20/h9-11,13-14H,7-8H2,1-6H3,(H,17,18)(H,19,20). The topological polar surface area (TPSA) is 84.9 Å². The van der Waals surface area contributed by atoms with Crippen LogP contribution < -0.4 is 5.32 Å². The Labute approximate surface area is 132 Å². The molecule has 1 aliphatic rings. The number of carbonyl (C=O) groups excluding carboxylic acids is 1. The van der Waals surface area contributed by atoms with Gasteiger partial charge in [-0.1, -0.05) is 34.1 Å². The fourth-order valence-electron chi connectivity index (χ4n) is 3.16. The van der Waals surface area contributed by atoms with Gasteiger partial charge in [-0.15, -0.1) is 0 Å². The van der Waals surface area contributed by atoms with E-state index in [0.29, 0.717) is 5.92 Å². The number of rotatable bonds is 6. The minimum atomic E-state index is -1.64. The largest absolute Gasteiger partial charge is 0.477 e. The molecule has 1 saturated heterocycles. The van der Waals surface area contributed by atoms with E-state index in [1.165, 1.54) is 14.0 Å². The number of carboxylic acids is 1. The maximum atomic E-state index is 11.7. The van der Waals surface area contributed by atoms with Crippen molar-refractivity contribution in [3.8, 4) is 0 Å². The Hall–Kier alpha value is -1.14. The molecule has 0 aromatic rings. The molecule has 0 aliphatic carbocycles. The lowest BCUT2D eigenvalue weighted by Gasteiger charge is -2.48. The number of carboxylic acid groups (broad SMARTS) is 1. The Morgan fingerprint density at radius 2 is 2.05 bits per heavy atom. The van der Waals surface area contributed by atoms with Crippen molar-refractivity contribution >= 4 is 11.9 Å². The summed E-state index contributed by atoms with van der Waals surface area (Å²) in [5.74, 6) is -2.52. The first kappa shape index (κ1) is 18.9. The number of aliphatic carboxylic acids is 1. The summed E-state index contributed by atoms with van der Waals surface area (Å²) < 4.78 is 11.1. The summed E-state index contributed by atoms with van der Waals surface area (Å²) in [6.45, 7) is 9.62. The zero-order valence-electron chi connectivity index (χ0n) is 14.4. The summed E-state index contributed by atoms with van der Waals surface area (Å²) in [6.07, 6.45) is 0.751. The second-order valence-corrected chi connectivity index (χ2v) is 6.50. The van der Waals surface area contributed by atoms with Crippen molar-refractivity contribution < 1.29 is 24.2 Å². The van der Waals surface area contributed by atoms with Gasteiger partial charge in [0.1, 0.15) is 0 Å². The maximum absolute atomic E-state index is 11.7. The van der Waals surface area contributed by atoms with E-state index in [-0.39, 0.29) is 30.2 Å². The molecule has 1 fully saturated rings. The number of ether oxygens (including phenoxy) is 2. The van der Waals surface area contributed by atoms with Gasteiger partial charge in [0.05, 0.1) is 12.1 Å². The molecule has 0 aromatic carbocycles. The van der Waals surface area contributed by atoms with Crippen LogP contribution in [-0.4, -0.2) is 42.0 Å². The highest BCUT2D eigenvalue weighted by molar-refractivity contribution is 5.76. The summed E-state index contributed by atoms with van der Waals surface area (Å²) >= 11 is 0. The first-order valence-corrected chi connectivity index (χ1v) is 7.92. The molecule has 6 heteroatoms. The van der Waals surface area contributed by atoms with E-state index in [0.717, 1.165) is 6.42 Å². The van der Waals surface area contributed by atoms with Crippen LogP contribution in [0.3, 0.4) is 0 Å². The van der Waals surface area contributed by atoms with Crippen molar-refractivity contribution in [1.82, 2.24) is 5.32 Å². The fraction of sp³-hybridized carbons (Fsp3) is 0.875. The van der Waals surface area contributed by atoms with Crippen LogP contribution in [0.1, 0.15) is 47.5 Å². The van der Waals surface area contributed by atoms with Crippen molar-refractivity contribution in [2.75, 3.05) is 7.11 Å². The highest BCUT2D eigenvalue weighted by Gasteiger charge is 2.53. The summed E-state index contributed by atoms with van der Waals surface area (Å²) in [5.41, 5.74) is 0. The molecule has 1 heterocycles. The molecule has 0 spiro atoms. The third-order valence-electron chi connectivity index (χ3n) is 4.97. The van der Waals surface area contributed by atoms with Crippen molar-refractivity contribution in [3.05, 3.63) is 0 Å². The minimum Gasteiger partial charge on any atom is -0.477 e. The molecule has 6 unspecified atom stereocenters. The number of methoxy groups -OCH3 is 1. The van der Waals surface area contributed by atoms with Crippen LogP contribution in [0.15, 0.2) is 0 Å². The Morgan fingerprint density at radius 1 is 1.45 bits per heavy atom. The maximum Gasteiger partial charge on any atom is 0.364 e. The normalized spacial score (nSPS) is 34.7. The van der Waals surface area contributed by atoms with Gasteiger partial charge in [0.2, 0.25) is 5.91 Å². The molecule has 0 radical (unpaired) electrons. The predicted molar refractivity (Wildman–Crippen MR) is 82.3 cm³/mol. The monoisotopic (exact) mass is 315 g/mol. The molecule has 128 valence electrons. The highest BCUT2D eigenvalue weighted by atomic mass is 16.7. The first-order chi connectivity index (χ1) is 10.2. The first-order valence-electron chi connectivity index (χ1n) is 7.92. The lowest BCUT2D eigenvalue weighted by Crippen LogP contribution is -2.63. The van der Waals surface area contributed by atoms with E-state index in [1.807, 2.05) is 13.8 Å². The smallest absolute Gasteiger partial charge is 0.364 e. The molecule has 6 nitrogen and oxygen atoms in total. The molecule has 22 heavy (non-hydrogen) atoms. The lowest BCUT2D eigenvalue weighted by atomic mass is 9.77. The summed E-state index contributed by atoms with van der Waals surface area (Å²) in [5, 5.41) is 12.5. The molecule has 0 saturated carbocycles. The molecule has 1 rings (SSSR count). The highest BCUT2D eigenvalue weighted by Crippen LogP contribution is 2.39. The van der Waals surface area contributed by atoms with Crippen LogP contribution in [0.2, 0.25) is 0 Å². The van der Waals surface area contributed by atoms with E-state index in [2.05, 4.69) is 19.2 Å². The average Bonchev–Trinajstić information content (AvgIpc) is 2.46. The minimum absolute atomic E-state index is 0.0646. The Balaban J connectivity index is 3.14. The quantitative estimate of drug-likeness (QED) is 0.783. The number of hydrogen-bond acceptors (Lipinski definition) is 4. The van der Waals surface area contributed by atoms with Crippen LogP contribution in [0.5, 0.6) is 0 Å². The molecular weight excluding hydrogens is 286 g/mol. The van der Waals surface area contributed by atoms with Gasteiger partial charge in [-0.05, 0) is 17.8 Å². The number of carbonyl (C=O) groups is 2. The average molecular weight is 315 g/mol. The molecule has 6 atom stereocenters. The van der Waals surface area contributed by atoms with Crippen LogP contribution in [-0.2, 0) is 19.1 Å². The van der Waals surface area contributed by atoms with Crippen molar-refractivity contribution in [2.45, 2.75) is 65.4 Å². The molecule has 2 N–H and O–H groups in total. The molecule has 0 aromatic heterocycles. The number of nitrogens with one attached hydrogen (secondary N) is 1. The van der Waals surface area contributed by atoms with E-state index in [1.54, 1.807) is 0 Å². The van der Waals surface area contributed by atoms with Crippen LogP contribution in [0.25, 0.3) is 0 Å². The van der Waals surface area contributed by atoms with Gasteiger partial charge in [-0.2, -0.15) is 0 Å². The van der Waals surface area contributed by atoms with Crippen LogP contribution in [0, 0.1) is 17.8 Å². The predicted octanol–water partition coefficient (Wildman–Crippen LogP) is 2.03. The number of amides is 1. The van der Waals surface area contributed by atoms with Gasteiger partial charge < -0.3 is 19.9 Å². The van der Waals surface area contributed by atoms with Crippen LogP contribution >= 0.6 is 0 Å². The van der Waals surface area contributed by atoms with Gasteiger partial charge in [0.15, 0.2) is 0 Å². The van der Waals surface area contributed by atoms with Gasteiger partial charge in [0.25, 0.3) is 5.79 Å². The van der Waals surface area contributed by atoms with Crippen molar-refractivity contribution in [1.29, 1.82) is 0 Å². The lowest BCUT2D eigenvalue weighted by molar-refractivity contribution is -0.288. The van der Waals surface area contributed by atoms with Gasteiger partial charge in [0, 0.05) is 20.5 Å². The van der Waals surface area contributed by atoms with E-state index < -0.39 is 17.9 Å². The van der Waals surface area contributed by atoms with Crippen molar-refractivity contribution in [3.63, 3.8) is 0 Å². The summed E-state index contributed by atoms with van der Waals surface area (Å²) in [4.78, 5) is 23.2. The second kappa shape index (κ2) is 7.42. The van der Waals surface area contributed by atoms with Crippen molar-refractivity contribution in [2.24, 2.45) is 17.8 Å². The van der Waals surface area contributed by atoms with Gasteiger partial charge >= 0.3 is 5.97 Å². The summed E-state index contributed by atoms with van der Waals surface area (Å²) in [6, 6.07) is -0.218. The SMILES string of the molecule is CCC(C)C(C)C1OC(OC)(C(=O)O)CC(C)C1NC(C)=O. The summed E-state index contributed by atoms with van der Waals surface area (Å²) in [7, 11) is 1.35. The second-order valence-electron chi connectivity index (χ2n) is 6.50. The van der Waals surface area contributed by atoms with Gasteiger partial charge in [-0.25, -0.2) is 4.79 Å². The zero-order chi connectivity index (χ0) is 17.1. The van der Waals surface area contributed by atoms with Crippen LogP contribution in [0.4, 0.5) is 0 Å². The van der Waals surface area contributed by atoms with E-state index in [4.69, 9.17) is 9.47 Å². The Kier molecular flexibility index (Phi) is 6.38. The molecule has 1 aliphatic heterocycles. The van der Waals surface area contributed by atoms with E-state index >= 15 is 0 Å². The fourth-order valence-corrected chi connectivity index (χ4v) is 3.16. The third kappa shape index (κ3) is 3.79. The Bertz CT molecular complexity index is 413. The Morgan fingerprint density at radius 3 is 2.45 bits per heavy atom. The molecular formula is C16H29NO5. The van der Waals surface area contributed by atoms with E-state index in [9.17, 15) is 14.7 Å². The number of hydrogen-bond donors (Lipinski definition) is 2.